The van der Waals surface area contributed by atoms with Crippen molar-refractivity contribution in [2.24, 2.45) is 0 Å². The number of piperazine rings is 1. The third-order valence-electron chi connectivity index (χ3n) is 4.35. The van der Waals surface area contributed by atoms with E-state index in [-0.39, 0.29) is 12.0 Å². The lowest BCUT2D eigenvalue weighted by molar-refractivity contribution is -0.142. The highest BCUT2D eigenvalue weighted by molar-refractivity contribution is 5.81. The first-order valence-corrected chi connectivity index (χ1v) is 7.88. The van der Waals surface area contributed by atoms with Gasteiger partial charge in [0.2, 0.25) is 0 Å². The number of benzene rings is 1. The number of amides is 1. The maximum atomic E-state index is 12.3. The predicted octanol–water partition coefficient (Wildman–Crippen LogP) is 1.38. The Morgan fingerprint density at radius 2 is 2.14 bits per heavy atom. The molecule has 116 valence electrons. The van der Waals surface area contributed by atoms with E-state index in [1.165, 1.54) is 0 Å². The third-order valence-corrected chi connectivity index (χ3v) is 4.35. The van der Waals surface area contributed by atoms with Crippen molar-refractivity contribution in [2.45, 2.75) is 25.5 Å². The largest absolute Gasteiger partial charge is 0.368 e. The lowest BCUT2D eigenvalue weighted by atomic mass is 10.1. The molecular formula is C17H21N3O2. The van der Waals surface area contributed by atoms with Crippen molar-refractivity contribution >= 4 is 5.91 Å². The van der Waals surface area contributed by atoms with Crippen molar-refractivity contribution in [3.8, 4) is 6.07 Å². The zero-order chi connectivity index (χ0) is 15.4. The molecule has 2 aliphatic heterocycles. The quantitative estimate of drug-likeness (QED) is 0.846. The van der Waals surface area contributed by atoms with E-state index in [4.69, 9.17) is 10.00 Å². The summed E-state index contributed by atoms with van der Waals surface area (Å²) in [5, 5.41) is 8.95. The van der Waals surface area contributed by atoms with Gasteiger partial charge in [-0.2, -0.15) is 5.26 Å². The Hall–Kier alpha value is -1.90. The van der Waals surface area contributed by atoms with E-state index in [0.717, 1.165) is 51.1 Å². The highest BCUT2D eigenvalue weighted by Gasteiger charge is 2.30. The van der Waals surface area contributed by atoms with Crippen LogP contribution in [0.4, 0.5) is 0 Å². The van der Waals surface area contributed by atoms with Crippen LogP contribution in [0.1, 0.15) is 24.0 Å². The highest BCUT2D eigenvalue weighted by Crippen LogP contribution is 2.17. The Kier molecular flexibility index (Phi) is 4.71. The van der Waals surface area contributed by atoms with E-state index in [9.17, 15) is 4.79 Å². The van der Waals surface area contributed by atoms with Gasteiger partial charge in [-0.3, -0.25) is 9.69 Å². The van der Waals surface area contributed by atoms with E-state index < -0.39 is 0 Å². The third kappa shape index (κ3) is 3.46. The molecule has 2 saturated heterocycles. The number of hydrogen-bond donors (Lipinski definition) is 0. The van der Waals surface area contributed by atoms with E-state index in [1.54, 1.807) is 0 Å². The predicted molar refractivity (Wildman–Crippen MR) is 82.0 cm³/mol. The Morgan fingerprint density at radius 1 is 1.32 bits per heavy atom. The number of ether oxygens (including phenoxy) is 1. The smallest absolute Gasteiger partial charge is 0.251 e. The molecule has 2 aliphatic rings. The van der Waals surface area contributed by atoms with Crippen LogP contribution in [0.5, 0.6) is 0 Å². The summed E-state index contributed by atoms with van der Waals surface area (Å²) < 4.78 is 5.48. The second-order valence-electron chi connectivity index (χ2n) is 5.92. The molecule has 1 unspecified atom stereocenters. The fourth-order valence-electron chi connectivity index (χ4n) is 3.10. The minimum Gasteiger partial charge on any atom is -0.368 e. The molecule has 0 saturated carbocycles. The van der Waals surface area contributed by atoms with Gasteiger partial charge in [0.1, 0.15) is 6.10 Å². The van der Waals surface area contributed by atoms with E-state index >= 15 is 0 Å². The van der Waals surface area contributed by atoms with Crippen molar-refractivity contribution in [1.29, 1.82) is 5.26 Å². The van der Waals surface area contributed by atoms with Crippen LogP contribution in [0.15, 0.2) is 24.3 Å². The van der Waals surface area contributed by atoms with Gasteiger partial charge in [-0.1, -0.05) is 12.1 Å². The molecule has 1 aromatic rings. The molecular weight excluding hydrogens is 278 g/mol. The number of nitrogens with zero attached hydrogens (tertiary/aromatic N) is 3. The highest BCUT2D eigenvalue weighted by atomic mass is 16.5. The fraction of sp³-hybridized carbons (Fsp3) is 0.529. The first-order chi connectivity index (χ1) is 10.8. The molecule has 0 bridgehead atoms. The molecule has 2 heterocycles. The van der Waals surface area contributed by atoms with Gasteiger partial charge in [0, 0.05) is 39.3 Å². The minimum atomic E-state index is -0.209. The van der Waals surface area contributed by atoms with Crippen molar-refractivity contribution in [1.82, 2.24) is 9.80 Å². The van der Waals surface area contributed by atoms with E-state index in [1.807, 2.05) is 29.2 Å². The Morgan fingerprint density at radius 3 is 2.82 bits per heavy atom. The van der Waals surface area contributed by atoms with Crippen LogP contribution in [-0.4, -0.2) is 54.6 Å². The molecule has 2 fully saturated rings. The zero-order valence-electron chi connectivity index (χ0n) is 12.7. The normalized spacial score (nSPS) is 22.5. The van der Waals surface area contributed by atoms with Gasteiger partial charge in [0.25, 0.3) is 5.91 Å². The summed E-state index contributed by atoms with van der Waals surface area (Å²) >= 11 is 0. The van der Waals surface area contributed by atoms with Crippen LogP contribution in [0, 0.1) is 11.3 Å². The summed E-state index contributed by atoms with van der Waals surface area (Å²) in [6.45, 7) is 4.81. The van der Waals surface area contributed by atoms with Gasteiger partial charge in [0.05, 0.1) is 11.6 Å². The average Bonchev–Trinajstić information content (AvgIpc) is 3.09. The van der Waals surface area contributed by atoms with E-state index in [2.05, 4.69) is 11.0 Å². The summed E-state index contributed by atoms with van der Waals surface area (Å²) in [6.07, 6.45) is 1.64. The number of carbonyl (C=O) groups is 1. The average molecular weight is 299 g/mol. The lowest BCUT2D eigenvalue weighted by Gasteiger charge is -2.35. The SMILES string of the molecule is N#Cc1cccc(CN2CCN(C(=O)C3CCCO3)CC2)c1. The number of carbonyl (C=O) groups excluding carboxylic acids is 1. The Labute approximate surface area is 131 Å². The van der Waals surface area contributed by atoms with Crippen LogP contribution in [0.2, 0.25) is 0 Å². The van der Waals surface area contributed by atoms with Gasteiger partial charge in [0.15, 0.2) is 0 Å². The second kappa shape index (κ2) is 6.91. The molecule has 22 heavy (non-hydrogen) atoms. The van der Waals surface area contributed by atoms with Gasteiger partial charge in [-0.15, -0.1) is 0 Å². The van der Waals surface area contributed by atoms with Crippen LogP contribution in [0.25, 0.3) is 0 Å². The maximum absolute atomic E-state index is 12.3. The van der Waals surface area contributed by atoms with Gasteiger partial charge >= 0.3 is 0 Å². The molecule has 0 radical (unpaired) electrons. The van der Waals surface area contributed by atoms with Crippen molar-refractivity contribution in [2.75, 3.05) is 32.8 Å². The summed E-state index contributed by atoms with van der Waals surface area (Å²) in [5.41, 5.74) is 1.85. The first kappa shape index (κ1) is 15.0. The molecule has 1 atom stereocenters. The molecule has 0 aromatic heterocycles. The molecule has 3 rings (SSSR count). The standard InChI is InChI=1S/C17H21N3O2/c18-12-14-3-1-4-15(11-14)13-19-6-8-20(9-7-19)17(21)16-5-2-10-22-16/h1,3-4,11,16H,2,5-10,13H2. The van der Waals surface area contributed by atoms with Crippen LogP contribution >= 0.6 is 0 Å². The summed E-state index contributed by atoms with van der Waals surface area (Å²) in [5.74, 6) is 0.156. The molecule has 1 amide bonds. The Bertz CT molecular complexity index is 568. The van der Waals surface area contributed by atoms with Crippen LogP contribution in [0.3, 0.4) is 0 Å². The zero-order valence-corrected chi connectivity index (χ0v) is 12.7. The molecule has 0 spiro atoms. The topological polar surface area (TPSA) is 56.6 Å². The Balaban J connectivity index is 1.51. The van der Waals surface area contributed by atoms with E-state index in [0.29, 0.717) is 12.2 Å². The van der Waals surface area contributed by atoms with Gasteiger partial charge in [-0.25, -0.2) is 0 Å². The van der Waals surface area contributed by atoms with Crippen molar-refractivity contribution < 1.29 is 9.53 Å². The maximum Gasteiger partial charge on any atom is 0.251 e. The first-order valence-electron chi connectivity index (χ1n) is 7.88. The fourth-order valence-corrected chi connectivity index (χ4v) is 3.10. The lowest BCUT2D eigenvalue weighted by Crippen LogP contribution is -2.51. The summed E-state index contributed by atoms with van der Waals surface area (Å²) in [7, 11) is 0. The number of hydrogen-bond acceptors (Lipinski definition) is 4. The number of rotatable bonds is 3. The van der Waals surface area contributed by atoms with Crippen LogP contribution < -0.4 is 0 Å². The van der Waals surface area contributed by atoms with Crippen molar-refractivity contribution in [3.63, 3.8) is 0 Å². The molecule has 5 heteroatoms. The minimum absolute atomic E-state index is 0.156. The van der Waals surface area contributed by atoms with Crippen LogP contribution in [-0.2, 0) is 16.1 Å². The van der Waals surface area contributed by atoms with Gasteiger partial charge < -0.3 is 9.64 Å². The summed E-state index contributed by atoms with van der Waals surface area (Å²) in [4.78, 5) is 16.6. The molecule has 0 N–H and O–H groups in total. The molecule has 1 aromatic carbocycles. The molecule has 0 aliphatic carbocycles. The molecule has 5 nitrogen and oxygen atoms in total. The second-order valence-corrected chi connectivity index (χ2v) is 5.92. The summed E-state index contributed by atoms with van der Waals surface area (Å²) in [6, 6.07) is 9.90. The van der Waals surface area contributed by atoms with Crippen molar-refractivity contribution in [3.05, 3.63) is 35.4 Å². The van der Waals surface area contributed by atoms with Gasteiger partial charge in [-0.05, 0) is 30.5 Å². The number of nitriles is 1. The monoisotopic (exact) mass is 299 g/mol.